The van der Waals surface area contributed by atoms with E-state index in [4.69, 9.17) is 14.2 Å². The highest BCUT2D eigenvalue weighted by Gasteiger charge is 2.92. The largest absolute Gasteiger partial charge is 0.392 e. The van der Waals surface area contributed by atoms with Gasteiger partial charge in [0.2, 0.25) is 0 Å². The van der Waals surface area contributed by atoms with E-state index < -0.39 is 34.9 Å². The molecule has 2 heterocycles. The summed E-state index contributed by atoms with van der Waals surface area (Å²) in [7, 11) is 1.72. The molecule has 7 aliphatic rings. The van der Waals surface area contributed by atoms with E-state index in [0.29, 0.717) is 6.42 Å². The Morgan fingerprint density at radius 1 is 1.20 bits per heavy atom. The fraction of sp³-hybridized carbons (Fsp3) is 1.00. The first-order valence-corrected chi connectivity index (χ1v) is 11.9. The fourth-order valence-corrected chi connectivity index (χ4v) is 10.9. The molecule has 0 amide bonds. The second kappa shape index (κ2) is 5.44. The molecule has 7 heteroatoms. The average molecular weight is 422 g/mol. The second-order valence-electron chi connectivity index (χ2n) is 11.7. The van der Waals surface area contributed by atoms with Crippen LogP contribution in [0.1, 0.15) is 39.5 Å². The standard InChI is InChI=1S/C23H35NO6/c1-4-24-9-20(2)6-5-14(25)22-12-7-11-13(28-3)8-21(15(12)16(11)26)23(19(22)24,30-10-29-21)18(27)17(20)22/h11-19,25-27H,4-10H2,1-3H3. The normalized spacial score (nSPS) is 67.6. The molecule has 0 radical (unpaired) electrons. The van der Waals surface area contributed by atoms with Crippen molar-refractivity contribution >= 4 is 0 Å². The van der Waals surface area contributed by atoms with Gasteiger partial charge in [-0.05, 0) is 37.1 Å². The van der Waals surface area contributed by atoms with Crippen LogP contribution in [0.15, 0.2) is 0 Å². The van der Waals surface area contributed by atoms with E-state index in [1.807, 2.05) is 0 Å². The van der Waals surface area contributed by atoms with Gasteiger partial charge in [-0.15, -0.1) is 0 Å². The number of fused-ring (bicyclic) bond motifs is 1. The summed E-state index contributed by atoms with van der Waals surface area (Å²) in [6.07, 6.45) is 1.27. The highest BCUT2D eigenvalue weighted by molar-refractivity contribution is 5.42. The van der Waals surface area contributed by atoms with Gasteiger partial charge in [-0.2, -0.15) is 0 Å². The molecule has 168 valence electrons. The predicted octanol–water partition coefficient (Wildman–Crippen LogP) is 0.356. The zero-order valence-electron chi connectivity index (χ0n) is 18.2. The van der Waals surface area contributed by atoms with Crippen LogP contribution in [0, 0.1) is 34.5 Å². The quantitative estimate of drug-likeness (QED) is 0.593. The monoisotopic (exact) mass is 421 g/mol. The van der Waals surface area contributed by atoms with Crippen molar-refractivity contribution in [2.24, 2.45) is 34.5 Å². The van der Waals surface area contributed by atoms with Crippen LogP contribution >= 0.6 is 0 Å². The maximum absolute atomic E-state index is 12.2. The number of likely N-dealkylation sites (N-methyl/N-ethyl adjacent to an activating group) is 1. The number of likely N-dealkylation sites (tertiary alicyclic amines) is 1. The molecule has 30 heavy (non-hydrogen) atoms. The topological polar surface area (TPSA) is 91.6 Å². The van der Waals surface area contributed by atoms with Gasteiger partial charge in [0.05, 0.1) is 30.5 Å². The van der Waals surface area contributed by atoms with Crippen LogP contribution in [0.4, 0.5) is 0 Å². The Balaban J connectivity index is 1.57. The van der Waals surface area contributed by atoms with E-state index in [2.05, 4.69) is 18.7 Å². The summed E-state index contributed by atoms with van der Waals surface area (Å²) in [5.41, 5.74) is -2.24. The Morgan fingerprint density at radius 3 is 2.73 bits per heavy atom. The lowest BCUT2D eigenvalue weighted by molar-refractivity contribution is -0.278. The molecule has 13 atom stereocenters. The predicted molar refractivity (Wildman–Crippen MR) is 105 cm³/mol. The fourth-order valence-electron chi connectivity index (χ4n) is 10.9. The van der Waals surface area contributed by atoms with E-state index in [9.17, 15) is 15.3 Å². The minimum atomic E-state index is -0.926. The van der Waals surface area contributed by atoms with Gasteiger partial charge in [0.1, 0.15) is 18.0 Å². The second-order valence-corrected chi connectivity index (χ2v) is 11.7. The van der Waals surface area contributed by atoms with E-state index in [-0.39, 0.29) is 48.0 Å². The minimum absolute atomic E-state index is 0.0392. The molecule has 0 aromatic rings. The smallest absolute Gasteiger partial charge is 0.148 e. The molecule has 13 unspecified atom stereocenters. The summed E-state index contributed by atoms with van der Waals surface area (Å²) in [5, 5.41) is 35.5. The van der Waals surface area contributed by atoms with Crippen molar-refractivity contribution in [2.75, 3.05) is 27.0 Å². The van der Waals surface area contributed by atoms with Crippen LogP contribution in [-0.2, 0) is 14.2 Å². The molecule has 7 rings (SSSR count). The van der Waals surface area contributed by atoms with Crippen LogP contribution in [0.5, 0.6) is 0 Å². The molecule has 2 saturated heterocycles. The van der Waals surface area contributed by atoms with Gasteiger partial charge in [-0.25, -0.2) is 0 Å². The summed E-state index contributed by atoms with van der Waals surface area (Å²) < 4.78 is 19.0. The van der Waals surface area contributed by atoms with Crippen molar-refractivity contribution in [1.29, 1.82) is 0 Å². The number of aliphatic hydroxyl groups excluding tert-OH is 3. The van der Waals surface area contributed by atoms with E-state index in [1.165, 1.54) is 0 Å². The molecule has 3 spiro atoms. The molecule has 3 N–H and O–H groups in total. The van der Waals surface area contributed by atoms with Gasteiger partial charge < -0.3 is 29.5 Å². The van der Waals surface area contributed by atoms with Crippen molar-refractivity contribution in [3.05, 3.63) is 0 Å². The maximum Gasteiger partial charge on any atom is 0.148 e. The van der Waals surface area contributed by atoms with Gasteiger partial charge in [-0.3, -0.25) is 4.90 Å². The molecule has 7 nitrogen and oxygen atoms in total. The Hall–Kier alpha value is -0.280. The summed E-state index contributed by atoms with van der Waals surface area (Å²) in [6, 6.07) is -0.0938. The van der Waals surface area contributed by atoms with Crippen molar-refractivity contribution in [3.63, 3.8) is 0 Å². The van der Waals surface area contributed by atoms with Crippen molar-refractivity contribution < 1.29 is 29.5 Å². The van der Waals surface area contributed by atoms with Crippen LogP contribution in [-0.4, -0.2) is 88.9 Å². The maximum atomic E-state index is 12.2. The average Bonchev–Trinajstić information content (AvgIpc) is 3.27. The third-order valence-corrected chi connectivity index (χ3v) is 11.3. The molecular weight excluding hydrogens is 386 g/mol. The Kier molecular flexibility index (Phi) is 3.48. The highest BCUT2D eigenvalue weighted by atomic mass is 16.7. The summed E-state index contributed by atoms with van der Waals surface area (Å²) in [5.74, 6) is -0.00805. The SMILES string of the molecule is CCN1CC2(C)CCC(O)C34C5CC6C(OC)CC7(OCOC7(C(O)C23)C14)C5C6O. The highest BCUT2D eigenvalue weighted by Crippen LogP contribution is 2.81. The van der Waals surface area contributed by atoms with Gasteiger partial charge in [0.15, 0.2) is 0 Å². The van der Waals surface area contributed by atoms with Crippen molar-refractivity contribution in [1.82, 2.24) is 4.90 Å². The van der Waals surface area contributed by atoms with Crippen LogP contribution in [0.25, 0.3) is 0 Å². The summed E-state index contributed by atoms with van der Waals surface area (Å²) in [4.78, 5) is 2.49. The third kappa shape index (κ3) is 1.56. The summed E-state index contributed by atoms with van der Waals surface area (Å²) >= 11 is 0. The molecule has 0 aromatic carbocycles. The van der Waals surface area contributed by atoms with E-state index in [0.717, 1.165) is 32.4 Å². The lowest BCUT2D eigenvalue weighted by Crippen LogP contribution is -2.80. The summed E-state index contributed by atoms with van der Waals surface area (Å²) in [6.45, 7) is 6.40. The van der Waals surface area contributed by atoms with Crippen LogP contribution in [0.2, 0.25) is 0 Å². The number of aliphatic hydroxyl groups is 3. The zero-order valence-corrected chi connectivity index (χ0v) is 18.2. The Labute approximate surface area is 177 Å². The number of piperidine rings is 1. The Morgan fingerprint density at radius 2 is 2.00 bits per heavy atom. The number of hydrogen-bond acceptors (Lipinski definition) is 7. The lowest BCUT2D eigenvalue weighted by Gasteiger charge is -2.69. The van der Waals surface area contributed by atoms with Gasteiger partial charge in [0, 0.05) is 43.2 Å². The lowest BCUT2D eigenvalue weighted by atomic mass is 9.43. The molecule has 5 aliphatic carbocycles. The molecule has 7 fully saturated rings. The molecule has 2 aliphatic heterocycles. The number of hydrogen-bond donors (Lipinski definition) is 3. The van der Waals surface area contributed by atoms with E-state index >= 15 is 0 Å². The zero-order chi connectivity index (χ0) is 20.8. The minimum Gasteiger partial charge on any atom is -0.392 e. The van der Waals surface area contributed by atoms with Crippen molar-refractivity contribution in [2.45, 2.75) is 81.2 Å². The number of nitrogens with zero attached hydrogens (tertiary/aromatic N) is 1. The number of ether oxygens (including phenoxy) is 3. The number of methoxy groups -OCH3 is 1. The van der Waals surface area contributed by atoms with Crippen LogP contribution in [0.3, 0.4) is 0 Å². The molecular formula is C23H35NO6. The molecule has 0 aromatic heterocycles. The first kappa shape index (κ1) is 19.2. The third-order valence-electron chi connectivity index (χ3n) is 11.3. The van der Waals surface area contributed by atoms with E-state index in [1.54, 1.807) is 7.11 Å². The van der Waals surface area contributed by atoms with Gasteiger partial charge >= 0.3 is 0 Å². The molecule has 7 bridgehead atoms. The molecule has 5 saturated carbocycles. The van der Waals surface area contributed by atoms with Gasteiger partial charge in [0.25, 0.3) is 0 Å². The van der Waals surface area contributed by atoms with Crippen LogP contribution < -0.4 is 0 Å². The van der Waals surface area contributed by atoms with Crippen molar-refractivity contribution in [3.8, 4) is 0 Å². The number of rotatable bonds is 2. The first-order valence-electron chi connectivity index (χ1n) is 11.9. The van der Waals surface area contributed by atoms with Gasteiger partial charge in [-0.1, -0.05) is 13.8 Å². The Bertz CT molecular complexity index is 796. The first-order chi connectivity index (χ1) is 14.3.